The van der Waals surface area contributed by atoms with Crippen LogP contribution in [-0.2, 0) is 4.79 Å². The van der Waals surface area contributed by atoms with Crippen molar-refractivity contribution in [2.24, 2.45) is 0 Å². The van der Waals surface area contributed by atoms with Gasteiger partial charge in [-0.25, -0.2) is 0 Å². The molecule has 0 saturated heterocycles. The van der Waals surface area contributed by atoms with Crippen LogP contribution in [0.2, 0.25) is 0 Å². The molecule has 1 N–H and O–H groups in total. The third kappa shape index (κ3) is 3.94. The van der Waals surface area contributed by atoms with Gasteiger partial charge in [-0.05, 0) is 51.0 Å². The molecular weight excluding hydrogens is 264 g/mol. The highest BCUT2D eigenvalue weighted by molar-refractivity contribution is 5.94. The summed E-state index contributed by atoms with van der Waals surface area (Å²) in [6.07, 6.45) is 4.11. The van der Waals surface area contributed by atoms with Gasteiger partial charge in [0.15, 0.2) is 5.78 Å². The van der Waals surface area contributed by atoms with Crippen molar-refractivity contribution < 1.29 is 9.59 Å². The number of allylic oxidation sites excluding steroid dienone is 2. The van der Waals surface area contributed by atoms with Gasteiger partial charge in [0.1, 0.15) is 0 Å². The fraction of sp³-hybridized carbons (Fsp3) is 0.412. The fourth-order valence-electron chi connectivity index (χ4n) is 2.47. The molecular formula is C17H22N2O2. The van der Waals surface area contributed by atoms with Crippen LogP contribution >= 0.6 is 0 Å². The number of amides is 1. The van der Waals surface area contributed by atoms with Gasteiger partial charge in [0.2, 0.25) is 0 Å². The maximum Gasteiger partial charge on any atom is 0.253 e. The number of ketones is 1. The quantitative estimate of drug-likeness (QED) is 0.904. The smallest absolute Gasteiger partial charge is 0.253 e. The molecule has 1 aliphatic carbocycles. The van der Waals surface area contributed by atoms with E-state index in [2.05, 4.69) is 5.32 Å². The number of nitrogens with zero attached hydrogens (tertiary/aromatic N) is 1. The summed E-state index contributed by atoms with van der Waals surface area (Å²) >= 11 is 0. The number of carbonyl (C=O) groups excluding carboxylic acids is 2. The molecule has 1 aliphatic rings. The number of hydrogen-bond acceptors (Lipinski definition) is 3. The summed E-state index contributed by atoms with van der Waals surface area (Å²) < 4.78 is 0. The van der Waals surface area contributed by atoms with Crippen molar-refractivity contribution in [2.75, 3.05) is 18.4 Å². The number of nitrogens with one attached hydrogen (secondary N) is 1. The van der Waals surface area contributed by atoms with Crippen LogP contribution in [0, 0.1) is 0 Å². The number of benzene rings is 1. The van der Waals surface area contributed by atoms with Gasteiger partial charge in [0.05, 0.1) is 0 Å². The molecule has 0 heterocycles. The lowest BCUT2D eigenvalue weighted by atomic mass is 10.0. The van der Waals surface area contributed by atoms with Crippen molar-refractivity contribution in [3.63, 3.8) is 0 Å². The number of rotatable bonds is 5. The van der Waals surface area contributed by atoms with Crippen molar-refractivity contribution in [3.05, 3.63) is 41.6 Å². The van der Waals surface area contributed by atoms with Gasteiger partial charge < -0.3 is 10.2 Å². The van der Waals surface area contributed by atoms with E-state index in [9.17, 15) is 9.59 Å². The molecule has 0 saturated carbocycles. The summed E-state index contributed by atoms with van der Waals surface area (Å²) in [5.74, 6) is 0.232. The SMILES string of the molecule is CCN(CC)C(=O)c1ccc(NC2=CC(=O)CCC2)cc1. The van der Waals surface area contributed by atoms with Gasteiger partial charge >= 0.3 is 0 Å². The topological polar surface area (TPSA) is 49.4 Å². The summed E-state index contributed by atoms with van der Waals surface area (Å²) in [4.78, 5) is 25.4. The Labute approximate surface area is 125 Å². The molecule has 0 aromatic heterocycles. The van der Waals surface area contributed by atoms with Crippen LogP contribution < -0.4 is 5.32 Å². The van der Waals surface area contributed by atoms with Crippen LogP contribution in [0.3, 0.4) is 0 Å². The first-order valence-electron chi connectivity index (χ1n) is 7.53. The zero-order valence-corrected chi connectivity index (χ0v) is 12.7. The first kappa shape index (κ1) is 15.3. The summed E-state index contributed by atoms with van der Waals surface area (Å²) in [6.45, 7) is 5.38. The fourth-order valence-corrected chi connectivity index (χ4v) is 2.47. The second-order valence-corrected chi connectivity index (χ2v) is 5.17. The Hall–Kier alpha value is -2.10. The van der Waals surface area contributed by atoms with Crippen molar-refractivity contribution >= 4 is 17.4 Å². The number of anilines is 1. The first-order valence-corrected chi connectivity index (χ1v) is 7.53. The van der Waals surface area contributed by atoms with E-state index in [-0.39, 0.29) is 11.7 Å². The molecule has 1 aromatic carbocycles. The highest BCUT2D eigenvalue weighted by Crippen LogP contribution is 2.19. The zero-order valence-electron chi connectivity index (χ0n) is 12.7. The van der Waals surface area contributed by atoms with Crippen molar-refractivity contribution in [3.8, 4) is 0 Å². The molecule has 0 atom stereocenters. The Balaban J connectivity index is 2.05. The van der Waals surface area contributed by atoms with Crippen LogP contribution in [0.5, 0.6) is 0 Å². The average Bonchev–Trinajstić information content (AvgIpc) is 2.49. The van der Waals surface area contributed by atoms with E-state index in [1.165, 1.54) is 0 Å². The highest BCUT2D eigenvalue weighted by atomic mass is 16.2. The summed E-state index contributed by atoms with van der Waals surface area (Å²) in [5.41, 5.74) is 2.55. The van der Waals surface area contributed by atoms with Crippen LogP contribution in [0.15, 0.2) is 36.0 Å². The third-order valence-corrected chi connectivity index (χ3v) is 3.69. The Morgan fingerprint density at radius 3 is 2.38 bits per heavy atom. The predicted octanol–water partition coefficient (Wildman–Crippen LogP) is 3.22. The van der Waals surface area contributed by atoms with Crippen molar-refractivity contribution in [2.45, 2.75) is 33.1 Å². The van der Waals surface area contributed by atoms with E-state index >= 15 is 0 Å². The lowest BCUT2D eigenvalue weighted by Crippen LogP contribution is -2.30. The molecule has 0 unspecified atom stereocenters. The summed E-state index contributed by atoms with van der Waals surface area (Å²) in [6, 6.07) is 7.43. The molecule has 4 heteroatoms. The number of hydrogen-bond donors (Lipinski definition) is 1. The summed E-state index contributed by atoms with van der Waals surface area (Å²) in [7, 11) is 0. The van der Waals surface area contributed by atoms with Gasteiger partial charge in [-0.15, -0.1) is 0 Å². The van der Waals surface area contributed by atoms with E-state index in [0.717, 1.165) is 24.2 Å². The van der Waals surface area contributed by atoms with Gasteiger partial charge in [-0.1, -0.05) is 0 Å². The minimum absolute atomic E-state index is 0.0543. The average molecular weight is 286 g/mol. The summed E-state index contributed by atoms with van der Waals surface area (Å²) in [5, 5.41) is 3.25. The lowest BCUT2D eigenvalue weighted by Gasteiger charge is -2.19. The van der Waals surface area contributed by atoms with Crippen LogP contribution in [0.25, 0.3) is 0 Å². The Kier molecular flexibility index (Phi) is 5.14. The van der Waals surface area contributed by atoms with Crippen molar-refractivity contribution in [1.82, 2.24) is 4.90 Å². The minimum Gasteiger partial charge on any atom is -0.359 e. The Morgan fingerprint density at radius 1 is 1.14 bits per heavy atom. The number of carbonyl (C=O) groups is 2. The van der Waals surface area contributed by atoms with E-state index < -0.39 is 0 Å². The molecule has 0 spiro atoms. The molecule has 0 aliphatic heterocycles. The second-order valence-electron chi connectivity index (χ2n) is 5.17. The lowest BCUT2D eigenvalue weighted by molar-refractivity contribution is -0.115. The molecule has 0 radical (unpaired) electrons. The molecule has 0 bridgehead atoms. The standard InChI is InChI=1S/C17H22N2O2/c1-3-19(4-2)17(21)13-8-10-14(11-9-13)18-15-6-5-7-16(20)12-15/h8-12,18H,3-7H2,1-2H3. The molecule has 0 fully saturated rings. The molecule has 112 valence electrons. The normalized spacial score (nSPS) is 14.6. The third-order valence-electron chi connectivity index (χ3n) is 3.69. The van der Waals surface area contributed by atoms with Gasteiger partial charge in [0.25, 0.3) is 5.91 Å². The molecule has 21 heavy (non-hydrogen) atoms. The van der Waals surface area contributed by atoms with E-state index in [1.807, 2.05) is 38.1 Å². The zero-order chi connectivity index (χ0) is 15.2. The predicted molar refractivity (Wildman–Crippen MR) is 84.3 cm³/mol. The Morgan fingerprint density at radius 2 is 1.81 bits per heavy atom. The van der Waals surface area contributed by atoms with Crippen LogP contribution in [0.4, 0.5) is 5.69 Å². The van der Waals surface area contributed by atoms with Gasteiger partial charge in [-0.2, -0.15) is 0 Å². The van der Waals surface area contributed by atoms with E-state index in [0.29, 0.717) is 25.1 Å². The molecule has 1 aromatic rings. The first-order chi connectivity index (χ1) is 10.1. The van der Waals surface area contributed by atoms with Gasteiger partial charge in [0, 0.05) is 42.5 Å². The molecule has 4 nitrogen and oxygen atoms in total. The second kappa shape index (κ2) is 7.07. The van der Waals surface area contributed by atoms with E-state index in [4.69, 9.17) is 0 Å². The van der Waals surface area contributed by atoms with Gasteiger partial charge in [-0.3, -0.25) is 9.59 Å². The maximum absolute atomic E-state index is 12.2. The van der Waals surface area contributed by atoms with Crippen molar-refractivity contribution in [1.29, 1.82) is 0 Å². The Bertz CT molecular complexity index is 542. The minimum atomic E-state index is 0.0543. The van der Waals surface area contributed by atoms with Crippen LogP contribution in [0.1, 0.15) is 43.5 Å². The monoisotopic (exact) mass is 286 g/mol. The van der Waals surface area contributed by atoms with Crippen LogP contribution in [-0.4, -0.2) is 29.7 Å². The van der Waals surface area contributed by atoms with E-state index in [1.54, 1.807) is 11.0 Å². The molecule has 1 amide bonds. The largest absolute Gasteiger partial charge is 0.359 e. The maximum atomic E-state index is 12.2. The molecule has 2 rings (SSSR count). The highest BCUT2D eigenvalue weighted by Gasteiger charge is 2.13.